The number of pyridine rings is 1. The van der Waals surface area contributed by atoms with Crippen molar-refractivity contribution in [3.05, 3.63) is 28.9 Å². The van der Waals surface area contributed by atoms with Crippen molar-refractivity contribution < 1.29 is 4.74 Å². The number of aromatic nitrogens is 1. The lowest BCUT2D eigenvalue weighted by molar-refractivity contribution is 0.398. The first-order chi connectivity index (χ1) is 6.27. The van der Waals surface area contributed by atoms with Crippen molar-refractivity contribution in [3.63, 3.8) is 0 Å². The standard InChI is InChI=1S/C9H11ClN2O/c1-13-9-8(10)5-7(6-12-9)3-2-4-11/h2-3,5-6H,4,11H2,1H3. The first-order valence-corrected chi connectivity index (χ1v) is 4.22. The SMILES string of the molecule is COc1ncc(C=CCN)cc1Cl. The second-order valence-corrected chi connectivity index (χ2v) is 2.81. The predicted molar refractivity (Wildman–Crippen MR) is 53.9 cm³/mol. The van der Waals surface area contributed by atoms with E-state index in [1.54, 1.807) is 12.3 Å². The molecule has 0 aliphatic carbocycles. The summed E-state index contributed by atoms with van der Waals surface area (Å²) in [6.07, 6.45) is 5.37. The highest BCUT2D eigenvalue weighted by molar-refractivity contribution is 6.31. The van der Waals surface area contributed by atoms with Gasteiger partial charge in [0, 0.05) is 12.7 Å². The molecule has 0 aliphatic heterocycles. The van der Waals surface area contributed by atoms with Crippen molar-refractivity contribution in [1.29, 1.82) is 0 Å². The molecule has 0 amide bonds. The van der Waals surface area contributed by atoms with Gasteiger partial charge < -0.3 is 10.5 Å². The summed E-state index contributed by atoms with van der Waals surface area (Å²) in [5.41, 5.74) is 6.22. The quantitative estimate of drug-likeness (QED) is 0.805. The minimum Gasteiger partial charge on any atom is -0.480 e. The lowest BCUT2D eigenvalue weighted by Gasteiger charge is -2.01. The molecule has 1 heterocycles. The van der Waals surface area contributed by atoms with Gasteiger partial charge >= 0.3 is 0 Å². The van der Waals surface area contributed by atoms with Crippen LogP contribution in [-0.4, -0.2) is 18.6 Å². The third kappa shape index (κ3) is 2.72. The molecule has 0 saturated heterocycles. The fraction of sp³-hybridized carbons (Fsp3) is 0.222. The van der Waals surface area contributed by atoms with E-state index in [1.165, 1.54) is 7.11 Å². The predicted octanol–water partition coefficient (Wildman–Crippen LogP) is 1.72. The van der Waals surface area contributed by atoms with Crippen LogP contribution in [-0.2, 0) is 0 Å². The van der Waals surface area contributed by atoms with Gasteiger partial charge in [0.1, 0.15) is 5.02 Å². The Hall–Kier alpha value is -1.06. The average molecular weight is 199 g/mol. The van der Waals surface area contributed by atoms with E-state index in [0.717, 1.165) is 5.56 Å². The van der Waals surface area contributed by atoms with E-state index >= 15 is 0 Å². The molecule has 2 N–H and O–H groups in total. The molecule has 0 atom stereocenters. The van der Waals surface area contributed by atoms with Gasteiger partial charge in [-0.3, -0.25) is 0 Å². The molecule has 4 heteroatoms. The maximum atomic E-state index is 5.86. The highest BCUT2D eigenvalue weighted by atomic mass is 35.5. The molecule has 0 radical (unpaired) electrons. The monoisotopic (exact) mass is 198 g/mol. The third-order valence-electron chi connectivity index (χ3n) is 1.47. The van der Waals surface area contributed by atoms with Gasteiger partial charge in [-0.1, -0.05) is 23.8 Å². The fourth-order valence-electron chi connectivity index (χ4n) is 0.886. The van der Waals surface area contributed by atoms with Gasteiger partial charge in [0.15, 0.2) is 0 Å². The molecule has 0 aliphatic rings. The summed E-state index contributed by atoms with van der Waals surface area (Å²) in [6.45, 7) is 0.504. The topological polar surface area (TPSA) is 48.1 Å². The Bertz CT molecular complexity index is 312. The minimum atomic E-state index is 0.437. The second kappa shape index (κ2) is 4.84. The van der Waals surface area contributed by atoms with Crippen LogP contribution in [0.3, 0.4) is 0 Å². The molecule has 3 nitrogen and oxygen atoms in total. The highest BCUT2D eigenvalue weighted by Gasteiger charge is 2.00. The number of hydrogen-bond donors (Lipinski definition) is 1. The molecule has 0 aromatic carbocycles. The molecule has 70 valence electrons. The molecule has 1 aromatic rings. The lowest BCUT2D eigenvalue weighted by Crippen LogP contribution is -1.92. The van der Waals surface area contributed by atoms with Crippen LogP contribution in [0.15, 0.2) is 18.3 Å². The Morgan fingerprint density at radius 2 is 2.46 bits per heavy atom. The van der Waals surface area contributed by atoms with Crippen LogP contribution in [0.5, 0.6) is 5.88 Å². The third-order valence-corrected chi connectivity index (χ3v) is 1.74. The van der Waals surface area contributed by atoms with Crippen LogP contribution < -0.4 is 10.5 Å². The second-order valence-electron chi connectivity index (χ2n) is 2.40. The molecular weight excluding hydrogens is 188 g/mol. The molecule has 0 spiro atoms. The summed E-state index contributed by atoms with van der Waals surface area (Å²) in [6, 6.07) is 1.78. The van der Waals surface area contributed by atoms with E-state index in [2.05, 4.69) is 4.98 Å². The molecule has 1 rings (SSSR count). The van der Waals surface area contributed by atoms with Gasteiger partial charge in [-0.2, -0.15) is 0 Å². The summed E-state index contributed by atoms with van der Waals surface area (Å²) in [5.74, 6) is 0.437. The first-order valence-electron chi connectivity index (χ1n) is 3.84. The van der Waals surface area contributed by atoms with Crippen LogP contribution in [0.2, 0.25) is 5.02 Å². The smallest absolute Gasteiger partial charge is 0.232 e. The van der Waals surface area contributed by atoms with Gasteiger partial charge in [-0.15, -0.1) is 0 Å². The first kappa shape index (κ1) is 10.0. The van der Waals surface area contributed by atoms with Gasteiger partial charge in [-0.05, 0) is 11.6 Å². The molecular formula is C9H11ClN2O. The van der Waals surface area contributed by atoms with E-state index in [-0.39, 0.29) is 0 Å². The Labute approximate surface area is 82.2 Å². The van der Waals surface area contributed by atoms with Crippen LogP contribution >= 0.6 is 11.6 Å². The van der Waals surface area contributed by atoms with E-state index in [0.29, 0.717) is 17.4 Å². The number of ether oxygens (including phenoxy) is 1. The maximum Gasteiger partial charge on any atom is 0.232 e. The van der Waals surface area contributed by atoms with Crippen LogP contribution in [0.4, 0.5) is 0 Å². The largest absolute Gasteiger partial charge is 0.480 e. The summed E-state index contributed by atoms with van der Waals surface area (Å²) in [5, 5.41) is 0.502. The molecule has 0 fully saturated rings. The zero-order chi connectivity index (χ0) is 9.68. The molecule has 13 heavy (non-hydrogen) atoms. The Kier molecular flexibility index (Phi) is 3.73. The summed E-state index contributed by atoms with van der Waals surface area (Å²) in [4.78, 5) is 4.00. The lowest BCUT2D eigenvalue weighted by atomic mass is 10.2. The number of methoxy groups -OCH3 is 1. The zero-order valence-electron chi connectivity index (χ0n) is 7.33. The Morgan fingerprint density at radius 1 is 1.69 bits per heavy atom. The fourth-order valence-corrected chi connectivity index (χ4v) is 1.14. The molecule has 0 unspecified atom stereocenters. The summed E-state index contributed by atoms with van der Waals surface area (Å²) < 4.78 is 4.91. The maximum absolute atomic E-state index is 5.86. The van der Waals surface area contributed by atoms with Crippen molar-refractivity contribution in [2.75, 3.05) is 13.7 Å². The highest BCUT2D eigenvalue weighted by Crippen LogP contribution is 2.22. The number of nitrogens with two attached hydrogens (primary N) is 1. The van der Waals surface area contributed by atoms with E-state index in [4.69, 9.17) is 22.1 Å². The normalized spacial score (nSPS) is 10.7. The number of rotatable bonds is 3. The molecule has 1 aromatic heterocycles. The van der Waals surface area contributed by atoms with Gasteiger partial charge in [0.25, 0.3) is 0 Å². The number of nitrogens with zero attached hydrogens (tertiary/aromatic N) is 1. The molecule has 0 bridgehead atoms. The average Bonchev–Trinajstić information content (AvgIpc) is 2.15. The van der Waals surface area contributed by atoms with Crippen molar-refractivity contribution >= 4 is 17.7 Å². The summed E-state index contributed by atoms with van der Waals surface area (Å²) in [7, 11) is 1.53. The van der Waals surface area contributed by atoms with Crippen LogP contribution in [0, 0.1) is 0 Å². The van der Waals surface area contributed by atoms with Gasteiger partial charge in [0.2, 0.25) is 5.88 Å². The van der Waals surface area contributed by atoms with Crippen LogP contribution in [0.1, 0.15) is 5.56 Å². The van der Waals surface area contributed by atoms with E-state index in [9.17, 15) is 0 Å². The van der Waals surface area contributed by atoms with E-state index < -0.39 is 0 Å². The summed E-state index contributed by atoms with van der Waals surface area (Å²) >= 11 is 5.86. The van der Waals surface area contributed by atoms with Gasteiger partial charge in [-0.25, -0.2) is 4.98 Å². The minimum absolute atomic E-state index is 0.437. The molecule has 0 saturated carbocycles. The van der Waals surface area contributed by atoms with Crippen molar-refractivity contribution in [2.24, 2.45) is 5.73 Å². The number of halogens is 1. The number of hydrogen-bond acceptors (Lipinski definition) is 3. The Balaban J connectivity index is 2.89. The van der Waals surface area contributed by atoms with Crippen molar-refractivity contribution in [3.8, 4) is 5.88 Å². The van der Waals surface area contributed by atoms with Crippen molar-refractivity contribution in [2.45, 2.75) is 0 Å². The van der Waals surface area contributed by atoms with E-state index in [1.807, 2.05) is 12.2 Å². The van der Waals surface area contributed by atoms with Crippen molar-refractivity contribution in [1.82, 2.24) is 4.98 Å². The van der Waals surface area contributed by atoms with Crippen LogP contribution in [0.25, 0.3) is 6.08 Å². The zero-order valence-corrected chi connectivity index (χ0v) is 8.08. The van der Waals surface area contributed by atoms with Gasteiger partial charge in [0.05, 0.1) is 7.11 Å². The Morgan fingerprint density at radius 3 is 3.00 bits per heavy atom.